The van der Waals surface area contributed by atoms with Crippen molar-refractivity contribution in [1.82, 2.24) is 4.98 Å². The molecule has 1 aliphatic rings. The molecule has 0 bridgehead atoms. The molecule has 0 unspecified atom stereocenters. The Morgan fingerprint density at radius 2 is 2.25 bits per heavy atom. The van der Waals surface area contributed by atoms with Crippen LogP contribution in [0.25, 0.3) is 0 Å². The van der Waals surface area contributed by atoms with E-state index in [0.717, 1.165) is 12.4 Å². The van der Waals surface area contributed by atoms with Crippen molar-refractivity contribution < 1.29 is 0 Å². The SMILES string of the molecule is CC1(C)CCCN1c1cccc(C(=N)N)n1. The molecule has 2 rings (SSSR count). The summed E-state index contributed by atoms with van der Waals surface area (Å²) in [4.78, 5) is 6.72. The average Bonchev–Trinajstić information content (AvgIpc) is 2.58. The fraction of sp³-hybridized carbons (Fsp3) is 0.500. The lowest BCUT2D eigenvalue weighted by molar-refractivity contribution is 0.514. The first-order chi connectivity index (χ1) is 7.50. The quantitative estimate of drug-likeness (QED) is 0.587. The first-order valence-corrected chi connectivity index (χ1v) is 5.60. The number of hydrogen-bond donors (Lipinski definition) is 2. The molecule has 0 aliphatic carbocycles. The molecule has 1 aromatic rings. The maximum absolute atomic E-state index is 7.40. The second kappa shape index (κ2) is 3.77. The van der Waals surface area contributed by atoms with E-state index in [1.54, 1.807) is 6.07 Å². The van der Waals surface area contributed by atoms with Crippen LogP contribution in [0.5, 0.6) is 0 Å². The van der Waals surface area contributed by atoms with Gasteiger partial charge in [0, 0.05) is 12.1 Å². The monoisotopic (exact) mass is 218 g/mol. The van der Waals surface area contributed by atoms with Gasteiger partial charge in [-0.2, -0.15) is 0 Å². The van der Waals surface area contributed by atoms with Gasteiger partial charge < -0.3 is 10.6 Å². The Morgan fingerprint density at radius 1 is 1.50 bits per heavy atom. The van der Waals surface area contributed by atoms with Gasteiger partial charge in [0.1, 0.15) is 17.3 Å². The fourth-order valence-electron chi connectivity index (χ4n) is 2.26. The number of aromatic nitrogens is 1. The standard InChI is InChI=1S/C12H18N4/c1-12(2)7-4-8-16(12)10-6-3-5-9(15-10)11(13)14/h3,5-6H,4,7-8H2,1-2H3,(H3,13,14). The van der Waals surface area contributed by atoms with Crippen molar-refractivity contribution >= 4 is 11.7 Å². The van der Waals surface area contributed by atoms with Crippen LogP contribution in [0.1, 0.15) is 32.4 Å². The number of nitrogen functional groups attached to an aromatic ring is 1. The van der Waals surface area contributed by atoms with Crippen LogP contribution < -0.4 is 10.6 Å². The smallest absolute Gasteiger partial charge is 0.141 e. The van der Waals surface area contributed by atoms with E-state index in [1.165, 1.54) is 12.8 Å². The van der Waals surface area contributed by atoms with Crippen LogP contribution in [0.3, 0.4) is 0 Å². The topological polar surface area (TPSA) is 66.0 Å². The molecule has 2 heterocycles. The van der Waals surface area contributed by atoms with Crippen LogP contribution >= 0.6 is 0 Å². The summed E-state index contributed by atoms with van der Waals surface area (Å²) < 4.78 is 0. The lowest BCUT2D eigenvalue weighted by atomic mass is 10.0. The molecule has 4 nitrogen and oxygen atoms in total. The molecule has 1 aliphatic heterocycles. The number of nitrogens with zero attached hydrogens (tertiary/aromatic N) is 2. The van der Waals surface area contributed by atoms with Crippen LogP contribution in [-0.2, 0) is 0 Å². The first-order valence-electron chi connectivity index (χ1n) is 5.60. The van der Waals surface area contributed by atoms with Crippen molar-refractivity contribution in [3.05, 3.63) is 23.9 Å². The molecule has 0 spiro atoms. The number of hydrogen-bond acceptors (Lipinski definition) is 3. The van der Waals surface area contributed by atoms with Gasteiger partial charge >= 0.3 is 0 Å². The summed E-state index contributed by atoms with van der Waals surface area (Å²) in [5.74, 6) is 0.953. The van der Waals surface area contributed by atoms with Gasteiger partial charge in [0.15, 0.2) is 0 Å². The van der Waals surface area contributed by atoms with E-state index in [0.29, 0.717) is 5.69 Å². The third-order valence-corrected chi connectivity index (χ3v) is 3.19. The molecule has 1 aromatic heterocycles. The molecule has 86 valence electrons. The second-order valence-electron chi connectivity index (χ2n) is 4.86. The van der Waals surface area contributed by atoms with E-state index in [9.17, 15) is 0 Å². The summed E-state index contributed by atoms with van der Waals surface area (Å²) in [5.41, 5.74) is 6.16. The number of nitrogens with one attached hydrogen (secondary N) is 1. The highest BCUT2D eigenvalue weighted by Crippen LogP contribution is 2.32. The van der Waals surface area contributed by atoms with Gasteiger partial charge in [-0.05, 0) is 38.8 Å². The molecule has 1 fully saturated rings. The van der Waals surface area contributed by atoms with Crippen LogP contribution in [0.4, 0.5) is 5.82 Å². The minimum absolute atomic E-state index is 0.0267. The van der Waals surface area contributed by atoms with Crippen molar-refractivity contribution in [2.75, 3.05) is 11.4 Å². The first kappa shape index (κ1) is 10.9. The van der Waals surface area contributed by atoms with Gasteiger partial charge in [-0.15, -0.1) is 0 Å². The van der Waals surface area contributed by atoms with Gasteiger partial charge in [0.05, 0.1) is 0 Å². The Labute approximate surface area is 96.0 Å². The minimum Gasteiger partial charge on any atom is -0.382 e. The largest absolute Gasteiger partial charge is 0.382 e. The van der Waals surface area contributed by atoms with Gasteiger partial charge in [0.2, 0.25) is 0 Å². The van der Waals surface area contributed by atoms with E-state index in [4.69, 9.17) is 11.1 Å². The highest BCUT2D eigenvalue weighted by molar-refractivity contribution is 5.93. The molecule has 0 saturated carbocycles. The lowest BCUT2D eigenvalue weighted by Gasteiger charge is -2.32. The Morgan fingerprint density at radius 3 is 2.81 bits per heavy atom. The average molecular weight is 218 g/mol. The van der Waals surface area contributed by atoms with E-state index < -0.39 is 0 Å². The maximum atomic E-state index is 7.40. The third kappa shape index (κ3) is 1.87. The zero-order valence-electron chi connectivity index (χ0n) is 9.83. The van der Waals surface area contributed by atoms with Gasteiger partial charge in [0.25, 0.3) is 0 Å². The fourth-order valence-corrected chi connectivity index (χ4v) is 2.26. The van der Waals surface area contributed by atoms with E-state index in [2.05, 4.69) is 23.7 Å². The third-order valence-electron chi connectivity index (χ3n) is 3.19. The van der Waals surface area contributed by atoms with Gasteiger partial charge in [-0.3, -0.25) is 5.41 Å². The predicted molar refractivity (Wildman–Crippen MR) is 65.9 cm³/mol. The molecule has 0 aromatic carbocycles. The Kier molecular flexibility index (Phi) is 2.58. The summed E-state index contributed by atoms with van der Waals surface area (Å²) in [6.07, 6.45) is 2.37. The summed E-state index contributed by atoms with van der Waals surface area (Å²) in [7, 11) is 0. The van der Waals surface area contributed by atoms with E-state index >= 15 is 0 Å². The number of nitrogens with two attached hydrogens (primary N) is 1. The molecule has 0 amide bonds. The number of pyridine rings is 1. The zero-order chi connectivity index (χ0) is 11.8. The molecular weight excluding hydrogens is 200 g/mol. The van der Waals surface area contributed by atoms with Crippen molar-refractivity contribution in [3.63, 3.8) is 0 Å². The minimum atomic E-state index is 0.0267. The summed E-state index contributed by atoms with van der Waals surface area (Å²) in [6, 6.07) is 5.67. The van der Waals surface area contributed by atoms with Crippen LogP contribution in [0.2, 0.25) is 0 Å². The van der Waals surface area contributed by atoms with Crippen molar-refractivity contribution in [2.45, 2.75) is 32.2 Å². The number of amidine groups is 1. The summed E-state index contributed by atoms with van der Waals surface area (Å²) >= 11 is 0. The molecule has 1 saturated heterocycles. The van der Waals surface area contributed by atoms with Crippen molar-refractivity contribution in [3.8, 4) is 0 Å². The molecular formula is C12H18N4. The number of rotatable bonds is 2. The Bertz CT molecular complexity index is 411. The summed E-state index contributed by atoms with van der Waals surface area (Å²) in [5, 5.41) is 7.40. The normalized spacial score (nSPS) is 18.8. The zero-order valence-corrected chi connectivity index (χ0v) is 9.83. The highest BCUT2D eigenvalue weighted by Gasteiger charge is 2.32. The molecule has 3 N–H and O–H groups in total. The van der Waals surface area contributed by atoms with Gasteiger partial charge in [-0.1, -0.05) is 6.07 Å². The molecule has 4 heteroatoms. The van der Waals surface area contributed by atoms with Crippen LogP contribution in [0.15, 0.2) is 18.2 Å². The van der Waals surface area contributed by atoms with Crippen molar-refractivity contribution in [1.29, 1.82) is 5.41 Å². The van der Waals surface area contributed by atoms with E-state index in [1.807, 2.05) is 12.1 Å². The number of anilines is 1. The van der Waals surface area contributed by atoms with E-state index in [-0.39, 0.29) is 11.4 Å². The van der Waals surface area contributed by atoms with Gasteiger partial charge in [-0.25, -0.2) is 4.98 Å². The predicted octanol–water partition coefficient (Wildman–Crippen LogP) is 1.74. The molecule has 16 heavy (non-hydrogen) atoms. The molecule has 0 radical (unpaired) electrons. The van der Waals surface area contributed by atoms with Crippen LogP contribution in [0, 0.1) is 5.41 Å². The van der Waals surface area contributed by atoms with Crippen LogP contribution in [-0.4, -0.2) is 22.9 Å². The Hall–Kier alpha value is -1.58. The summed E-state index contributed by atoms with van der Waals surface area (Å²) in [6.45, 7) is 5.48. The Balaban J connectivity index is 2.34. The second-order valence-corrected chi connectivity index (χ2v) is 4.86. The van der Waals surface area contributed by atoms with Crippen molar-refractivity contribution in [2.24, 2.45) is 5.73 Å². The molecule has 0 atom stereocenters. The highest BCUT2D eigenvalue weighted by atomic mass is 15.3. The lowest BCUT2D eigenvalue weighted by Crippen LogP contribution is -2.38. The maximum Gasteiger partial charge on any atom is 0.141 e.